The summed E-state index contributed by atoms with van der Waals surface area (Å²) in [5.74, 6) is 0.414. The van der Waals surface area contributed by atoms with E-state index in [2.05, 4.69) is 41.3 Å². The quantitative estimate of drug-likeness (QED) is 0.485. The molecule has 0 aliphatic rings. The second kappa shape index (κ2) is 7.12. The molecular weight excluding hydrogens is 186 g/mol. The van der Waals surface area contributed by atoms with Gasteiger partial charge in [0.25, 0.3) is 0 Å². The van der Waals surface area contributed by atoms with Crippen molar-refractivity contribution in [1.29, 1.82) is 0 Å². The van der Waals surface area contributed by atoms with Crippen LogP contribution >= 0.6 is 0 Å². The summed E-state index contributed by atoms with van der Waals surface area (Å²) in [5, 5.41) is 0. The standard InChI is InChI=1S/C12H21N3/c1-7-11(13-3)12(14-4)8-10(2)9-15(5)6/h7-8,10H,3-4,9H2,1-2,5-6H3/b11-7+,12-8+. The van der Waals surface area contributed by atoms with E-state index in [0.29, 0.717) is 5.92 Å². The van der Waals surface area contributed by atoms with Gasteiger partial charge < -0.3 is 4.90 Å². The Kier molecular flexibility index (Phi) is 6.54. The molecule has 0 aromatic rings. The number of allylic oxidation sites excluding steroid dienone is 1. The second-order valence-corrected chi connectivity index (χ2v) is 3.78. The summed E-state index contributed by atoms with van der Waals surface area (Å²) >= 11 is 0. The molecule has 0 N–H and O–H groups in total. The van der Waals surface area contributed by atoms with Gasteiger partial charge in [0.2, 0.25) is 0 Å². The fourth-order valence-corrected chi connectivity index (χ4v) is 1.44. The molecule has 0 amide bonds. The predicted molar refractivity (Wildman–Crippen MR) is 68.7 cm³/mol. The van der Waals surface area contributed by atoms with Gasteiger partial charge in [0, 0.05) is 6.54 Å². The second-order valence-electron chi connectivity index (χ2n) is 3.78. The maximum absolute atomic E-state index is 3.97. The largest absolute Gasteiger partial charge is 0.309 e. The normalized spacial score (nSPS) is 15.3. The number of hydrogen-bond acceptors (Lipinski definition) is 3. The highest BCUT2D eigenvalue weighted by Gasteiger charge is 2.04. The van der Waals surface area contributed by atoms with Gasteiger partial charge in [-0.05, 0) is 40.4 Å². The molecule has 0 rings (SSSR count). The molecule has 15 heavy (non-hydrogen) atoms. The molecule has 0 bridgehead atoms. The lowest BCUT2D eigenvalue weighted by atomic mass is 10.1. The van der Waals surface area contributed by atoms with Crippen LogP contribution in [-0.2, 0) is 0 Å². The van der Waals surface area contributed by atoms with Crippen LogP contribution in [0.15, 0.2) is 33.5 Å². The molecule has 0 aliphatic heterocycles. The van der Waals surface area contributed by atoms with Crippen LogP contribution < -0.4 is 0 Å². The Bertz CT molecular complexity index is 275. The molecule has 1 unspecified atom stereocenters. The van der Waals surface area contributed by atoms with Crippen molar-refractivity contribution in [1.82, 2.24) is 4.90 Å². The monoisotopic (exact) mass is 207 g/mol. The van der Waals surface area contributed by atoms with E-state index in [0.717, 1.165) is 17.9 Å². The first-order valence-corrected chi connectivity index (χ1v) is 5.01. The minimum Gasteiger partial charge on any atom is -0.309 e. The molecule has 0 fully saturated rings. The van der Waals surface area contributed by atoms with E-state index in [-0.39, 0.29) is 0 Å². The van der Waals surface area contributed by atoms with Crippen molar-refractivity contribution in [3.05, 3.63) is 23.5 Å². The highest BCUT2D eigenvalue weighted by atomic mass is 15.1. The van der Waals surface area contributed by atoms with Crippen molar-refractivity contribution in [3.8, 4) is 0 Å². The zero-order valence-corrected chi connectivity index (χ0v) is 10.2. The number of hydrogen-bond donors (Lipinski definition) is 0. The van der Waals surface area contributed by atoms with E-state index in [1.54, 1.807) is 0 Å². The summed E-state index contributed by atoms with van der Waals surface area (Å²) in [7, 11) is 4.10. The number of rotatable bonds is 6. The smallest absolute Gasteiger partial charge is 0.0838 e. The third-order valence-electron chi connectivity index (χ3n) is 1.97. The van der Waals surface area contributed by atoms with Crippen LogP contribution in [0.5, 0.6) is 0 Å². The predicted octanol–water partition coefficient (Wildman–Crippen LogP) is 2.37. The molecule has 0 radical (unpaired) electrons. The average Bonchev–Trinajstić information content (AvgIpc) is 2.16. The highest BCUT2D eigenvalue weighted by Crippen LogP contribution is 2.15. The molecule has 0 aliphatic carbocycles. The van der Waals surface area contributed by atoms with Gasteiger partial charge in [0.15, 0.2) is 0 Å². The first-order valence-electron chi connectivity index (χ1n) is 5.01. The zero-order chi connectivity index (χ0) is 11.8. The Balaban J connectivity index is 4.72. The lowest BCUT2D eigenvalue weighted by Gasteiger charge is -2.14. The van der Waals surface area contributed by atoms with E-state index in [9.17, 15) is 0 Å². The van der Waals surface area contributed by atoms with Crippen molar-refractivity contribution in [2.75, 3.05) is 20.6 Å². The topological polar surface area (TPSA) is 28.0 Å². The Morgan fingerprint density at radius 3 is 2.13 bits per heavy atom. The van der Waals surface area contributed by atoms with Gasteiger partial charge in [-0.25, -0.2) is 0 Å². The summed E-state index contributed by atoms with van der Waals surface area (Å²) in [6.07, 6.45) is 3.95. The molecule has 1 atom stereocenters. The van der Waals surface area contributed by atoms with Gasteiger partial charge in [0.05, 0.1) is 11.4 Å². The van der Waals surface area contributed by atoms with Gasteiger partial charge in [-0.1, -0.05) is 19.1 Å². The van der Waals surface area contributed by atoms with Gasteiger partial charge in [-0.15, -0.1) is 0 Å². The third kappa shape index (κ3) is 5.27. The van der Waals surface area contributed by atoms with Crippen molar-refractivity contribution in [2.45, 2.75) is 13.8 Å². The van der Waals surface area contributed by atoms with Crippen molar-refractivity contribution in [2.24, 2.45) is 15.9 Å². The van der Waals surface area contributed by atoms with Gasteiger partial charge in [0.1, 0.15) is 0 Å². The first-order chi connectivity index (χ1) is 7.04. The minimum absolute atomic E-state index is 0.414. The van der Waals surface area contributed by atoms with Crippen LogP contribution in [0, 0.1) is 5.92 Å². The average molecular weight is 207 g/mol. The Morgan fingerprint density at radius 2 is 1.80 bits per heavy atom. The SMILES string of the molecule is C=NC(=C/C)/C(=C\C(C)CN(C)C)N=C. The lowest BCUT2D eigenvalue weighted by Crippen LogP contribution is -2.18. The summed E-state index contributed by atoms with van der Waals surface area (Å²) in [6.45, 7) is 12.1. The van der Waals surface area contributed by atoms with E-state index in [4.69, 9.17) is 0 Å². The maximum Gasteiger partial charge on any atom is 0.0838 e. The summed E-state index contributed by atoms with van der Waals surface area (Å²) < 4.78 is 0. The van der Waals surface area contributed by atoms with E-state index in [1.807, 2.05) is 27.1 Å². The molecule has 0 aromatic carbocycles. The van der Waals surface area contributed by atoms with Crippen molar-refractivity contribution >= 4 is 13.4 Å². The molecule has 0 spiro atoms. The van der Waals surface area contributed by atoms with Crippen molar-refractivity contribution in [3.63, 3.8) is 0 Å². The molecule has 3 nitrogen and oxygen atoms in total. The Morgan fingerprint density at radius 1 is 1.27 bits per heavy atom. The first kappa shape index (κ1) is 13.8. The Hall–Kier alpha value is -1.22. The van der Waals surface area contributed by atoms with Crippen LogP contribution in [0.1, 0.15) is 13.8 Å². The summed E-state index contributed by atoms with van der Waals surface area (Å²) in [6, 6.07) is 0. The van der Waals surface area contributed by atoms with E-state index in [1.165, 1.54) is 0 Å². The molecule has 84 valence electrons. The maximum atomic E-state index is 3.97. The molecule has 0 saturated heterocycles. The minimum atomic E-state index is 0.414. The van der Waals surface area contributed by atoms with Crippen LogP contribution in [0.3, 0.4) is 0 Å². The fraction of sp³-hybridized carbons (Fsp3) is 0.500. The molecule has 0 heterocycles. The summed E-state index contributed by atoms with van der Waals surface area (Å²) in [4.78, 5) is 10.0. The van der Waals surface area contributed by atoms with Crippen LogP contribution in [0.4, 0.5) is 0 Å². The van der Waals surface area contributed by atoms with Gasteiger partial charge in [-0.2, -0.15) is 0 Å². The van der Waals surface area contributed by atoms with Crippen LogP contribution in [0.25, 0.3) is 0 Å². The van der Waals surface area contributed by atoms with Gasteiger partial charge >= 0.3 is 0 Å². The third-order valence-corrected chi connectivity index (χ3v) is 1.97. The zero-order valence-electron chi connectivity index (χ0n) is 10.2. The van der Waals surface area contributed by atoms with Crippen LogP contribution in [0.2, 0.25) is 0 Å². The van der Waals surface area contributed by atoms with E-state index >= 15 is 0 Å². The van der Waals surface area contributed by atoms with E-state index < -0.39 is 0 Å². The Labute approximate surface area is 92.9 Å². The lowest BCUT2D eigenvalue weighted by molar-refractivity contribution is 0.370. The highest BCUT2D eigenvalue weighted by molar-refractivity contribution is 5.42. The van der Waals surface area contributed by atoms with Gasteiger partial charge in [-0.3, -0.25) is 9.98 Å². The van der Waals surface area contributed by atoms with Crippen molar-refractivity contribution < 1.29 is 0 Å². The molecular formula is C12H21N3. The molecule has 0 saturated carbocycles. The summed E-state index contributed by atoms with van der Waals surface area (Å²) in [5.41, 5.74) is 1.59. The fourth-order valence-electron chi connectivity index (χ4n) is 1.44. The molecule has 3 heteroatoms. The number of aliphatic imine (C=N–C) groups is 2. The van der Waals surface area contributed by atoms with Crippen LogP contribution in [-0.4, -0.2) is 39.0 Å². The molecule has 0 aromatic heterocycles. The number of nitrogens with zero attached hydrogens (tertiary/aromatic N) is 3.